The predicted octanol–water partition coefficient (Wildman–Crippen LogP) is 2.28. The van der Waals surface area contributed by atoms with Crippen LogP contribution in [0.1, 0.15) is 24.6 Å². The molecule has 0 aliphatic carbocycles. The maximum Gasteiger partial charge on any atom is 0.123 e. The molecule has 0 fully saturated rings. The number of halogens is 1. The van der Waals surface area contributed by atoms with Crippen molar-refractivity contribution in [1.29, 1.82) is 0 Å². The topological polar surface area (TPSA) is 43.8 Å². The summed E-state index contributed by atoms with van der Waals surface area (Å²) in [7, 11) is 0. The third-order valence-electron chi connectivity index (χ3n) is 2.77. The molecule has 0 amide bonds. The van der Waals surface area contributed by atoms with Gasteiger partial charge in [0, 0.05) is 12.4 Å². The van der Waals surface area contributed by atoms with E-state index in [0.717, 1.165) is 5.56 Å². The number of imidazole rings is 1. The Labute approximate surface area is 93.7 Å². The van der Waals surface area contributed by atoms with Gasteiger partial charge >= 0.3 is 0 Å². The number of aromatic nitrogens is 2. The quantitative estimate of drug-likeness (QED) is 0.860. The van der Waals surface area contributed by atoms with Crippen LogP contribution in [0.25, 0.3) is 0 Å². The van der Waals surface area contributed by atoms with E-state index in [0.29, 0.717) is 0 Å². The number of nitrogens with two attached hydrogens (primary N) is 1. The Bertz CT molecular complexity index is 436. The summed E-state index contributed by atoms with van der Waals surface area (Å²) in [4.78, 5) is 3.98. The molecule has 1 aromatic heterocycles. The van der Waals surface area contributed by atoms with E-state index in [1.54, 1.807) is 24.7 Å². The maximum atomic E-state index is 12.8. The highest BCUT2D eigenvalue weighted by Crippen LogP contribution is 2.23. The minimum absolute atomic E-state index is 0.0907. The highest BCUT2D eigenvalue weighted by Gasteiger charge is 2.15. The molecule has 2 aromatic rings. The first kappa shape index (κ1) is 10.8. The number of hydrogen-bond acceptors (Lipinski definition) is 2. The molecule has 0 bridgehead atoms. The third kappa shape index (κ3) is 2.12. The van der Waals surface area contributed by atoms with Gasteiger partial charge in [-0.05, 0) is 24.6 Å². The third-order valence-corrected chi connectivity index (χ3v) is 2.77. The summed E-state index contributed by atoms with van der Waals surface area (Å²) in [6.45, 7) is 2.01. The normalized spacial score (nSPS) is 14.7. The van der Waals surface area contributed by atoms with E-state index in [2.05, 4.69) is 4.98 Å². The lowest BCUT2D eigenvalue weighted by Gasteiger charge is -2.21. The monoisotopic (exact) mass is 219 g/mol. The van der Waals surface area contributed by atoms with Gasteiger partial charge in [-0.1, -0.05) is 12.1 Å². The molecule has 2 N–H and O–H groups in total. The molecule has 84 valence electrons. The van der Waals surface area contributed by atoms with Gasteiger partial charge in [-0.2, -0.15) is 0 Å². The first-order chi connectivity index (χ1) is 7.68. The molecule has 4 heteroatoms. The Hall–Kier alpha value is -1.68. The fourth-order valence-corrected chi connectivity index (χ4v) is 1.66. The Morgan fingerprint density at radius 3 is 2.56 bits per heavy atom. The average molecular weight is 219 g/mol. The summed E-state index contributed by atoms with van der Waals surface area (Å²) < 4.78 is 14.7. The van der Waals surface area contributed by atoms with Crippen LogP contribution in [-0.2, 0) is 0 Å². The summed E-state index contributed by atoms with van der Waals surface area (Å²) in [5, 5.41) is 0. The fraction of sp³-hybridized carbons (Fsp3) is 0.250. The van der Waals surface area contributed by atoms with E-state index in [4.69, 9.17) is 5.73 Å². The van der Waals surface area contributed by atoms with Gasteiger partial charge in [-0.25, -0.2) is 9.37 Å². The van der Waals surface area contributed by atoms with Crippen molar-refractivity contribution >= 4 is 0 Å². The van der Waals surface area contributed by atoms with Gasteiger partial charge in [0.25, 0.3) is 0 Å². The van der Waals surface area contributed by atoms with Crippen molar-refractivity contribution in [2.45, 2.75) is 19.0 Å². The lowest BCUT2D eigenvalue weighted by Crippen LogP contribution is -2.21. The van der Waals surface area contributed by atoms with Crippen LogP contribution in [0, 0.1) is 5.82 Å². The van der Waals surface area contributed by atoms with Gasteiger partial charge in [0.05, 0.1) is 18.4 Å². The van der Waals surface area contributed by atoms with Crippen molar-refractivity contribution < 1.29 is 4.39 Å². The second-order valence-electron chi connectivity index (χ2n) is 3.83. The minimum Gasteiger partial charge on any atom is -0.333 e. The molecular formula is C12H14FN3. The van der Waals surface area contributed by atoms with Crippen LogP contribution in [0.4, 0.5) is 4.39 Å². The van der Waals surface area contributed by atoms with Crippen LogP contribution in [0.2, 0.25) is 0 Å². The lowest BCUT2D eigenvalue weighted by atomic mass is 10.0. The zero-order valence-electron chi connectivity index (χ0n) is 9.05. The largest absolute Gasteiger partial charge is 0.333 e. The summed E-state index contributed by atoms with van der Waals surface area (Å²) in [5.74, 6) is -0.244. The van der Waals surface area contributed by atoms with Crippen molar-refractivity contribution in [3.63, 3.8) is 0 Å². The second-order valence-corrected chi connectivity index (χ2v) is 3.83. The van der Waals surface area contributed by atoms with Gasteiger partial charge in [-0.15, -0.1) is 0 Å². The highest BCUT2D eigenvalue weighted by molar-refractivity contribution is 5.20. The predicted molar refractivity (Wildman–Crippen MR) is 60.3 cm³/mol. The molecule has 0 radical (unpaired) electrons. The molecule has 1 aromatic carbocycles. The van der Waals surface area contributed by atoms with E-state index in [9.17, 15) is 4.39 Å². The van der Waals surface area contributed by atoms with Crippen LogP contribution in [0.3, 0.4) is 0 Å². The van der Waals surface area contributed by atoms with E-state index in [1.165, 1.54) is 12.1 Å². The highest BCUT2D eigenvalue weighted by atomic mass is 19.1. The van der Waals surface area contributed by atoms with E-state index in [1.807, 2.05) is 17.7 Å². The number of rotatable bonds is 3. The molecule has 16 heavy (non-hydrogen) atoms. The fourth-order valence-electron chi connectivity index (χ4n) is 1.66. The van der Waals surface area contributed by atoms with Crippen molar-refractivity contribution in [2.24, 2.45) is 5.73 Å². The van der Waals surface area contributed by atoms with Gasteiger partial charge in [0.15, 0.2) is 0 Å². The Morgan fingerprint density at radius 1 is 1.31 bits per heavy atom. The second kappa shape index (κ2) is 4.45. The van der Waals surface area contributed by atoms with Gasteiger partial charge in [0.2, 0.25) is 0 Å². The number of hydrogen-bond donors (Lipinski definition) is 1. The molecule has 2 unspecified atom stereocenters. The molecule has 2 rings (SSSR count). The summed E-state index contributed by atoms with van der Waals surface area (Å²) in [6, 6.07) is 6.20. The average Bonchev–Trinajstić information content (AvgIpc) is 2.81. The Kier molecular flexibility index (Phi) is 3.01. The lowest BCUT2D eigenvalue weighted by molar-refractivity contribution is 0.452. The molecule has 0 saturated carbocycles. The van der Waals surface area contributed by atoms with E-state index < -0.39 is 0 Å². The Morgan fingerprint density at radius 2 is 2.00 bits per heavy atom. The Balaban J connectivity index is 2.19. The standard InChI is InChI=1S/C12H14FN3/c1-9(16-7-6-15-8-16)12(14)10-2-4-11(13)5-3-10/h2-9,12H,14H2,1H3. The van der Waals surface area contributed by atoms with Gasteiger partial charge in [0.1, 0.15) is 5.82 Å². The van der Waals surface area contributed by atoms with Crippen LogP contribution in [0.15, 0.2) is 43.0 Å². The smallest absolute Gasteiger partial charge is 0.123 e. The van der Waals surface area contributed by atoms with Crippen LogP contribution in [-0.4, -0.2) is 9.55 Å². The molecule has 0 saturated heterocycles. The van der Waals surface area contributed by atoms with Crippen molar-refractivity contribution in [2.75, 3.05) is 0 Å². The molecule has 0 aliphatic rings. The van der Waals surface area contributed by atoms with Gasteiger partial charge in [-0.3, -0.25) is 0 Å². The zero-order valence-corrected chi connectivity index (χ0v) is 9.05. The maximum absolute atomic E-state index is 12.8. The van der Waals surface area contributed by atoms with Crippen LogP contribution < -0.4 is 5.73 Å². The zero-order chi connectivity index (χ0) is 11.5. The van der Waals surface area contributed by atoms with E-state index >= 15 is 0 Å². The molecule has 2 atom stereocenters. The first-order valence-electron chi connectivity index (χ1n) is 5.17. The van der Waals surface area contributed by atoms with Crippen molar-refractivity contribution in [3.05, 3.63) is 54.4 Å². The molecular weight excluding hydrogens is 205 g/mol. The van der Waals surface area contributed by atoms with Crippen molar-refractivity contribution in [1.82, 2.24) is 9.55 Å². The molecule has 1 heterocycles. The van der Waals surface area contributed by atoms with Crippen molar-refractivity contribution in [3.8, 4) is 0 Å². The van der Waals surface area contributed by atoms with Crippen LogP contribution >= 0.6 is 0 Å². The SMILES string of the molecule is CC(C(N)c1ccc(F)cc1)n1ccnc1. The van der Waals surface area contributed by atoms with Crippen LogP contribution in [0.5, 0.6) is 0 Å². The minimum atomic E-state index is -0.244. The molecule has 0 aliphatic heterocycles. The summed E-state index contributed by atoms with van der Waals surface area (Å²) in [6.07, 6.45) is 5.32. The number of benzene rings is 1. The van der Waals surface area contributed by atoms with Gasteiger partial charge < -0.3 is 10.3 Å². The van der Waals surface area contributed by atoms with E-state index in [-0.39, 0.29) is 17.9 Å². The first-order valence-corrected chi connectivity index (χ1v) is 5.17. The molecule has 3 nitrogen and oxygen atoms in total. The number of nitrogens with zero attached hydrogens (tertiary/aromatic N) is 2. The molecule has 0 spiro atoms. The summed E-state index contributed by atoms with van der Waals surface area (Å²) in [5.41, 5.74) is 7.03. The summed E-state index contributed by atoms with van der Waals surface area (Å²) >= 11 is 0.